The molecule has 1 heterocycles. The SMILES string of the molecule is CCCN(CC(=O)Nc1cc(C(C)(C)C)nn1-c1ccc(OC)cc1)C(=O)C(C)(C)C. The second-order valence-corrected chi connectivity index (χ2v) is 9.80. The molecule has 7 nitrogen and oxygen atoms in total. The van der Waals surface area contributed by atoms with Gasteiger partial charge in [0, 0.05) is 23.4 Å². The smallest absolute Gasteiger partial charge is 0.245 e. The van der Waals surface area contributed by atoms with E-state index < -0.39 is 5.41 Å². The van der Waals surface area contributed by atoms with Gasteiger partial charge in [0.25, 0.3) is 0 Å². The minimum absolute atomic E-state index is 0.00257. The Morgan fingerprint density at radius 2 is 1.71 bits per heavy atom. The second-order valence-electron chi connectivity index (χ2n) is 9.80. The maximum atomic E-state index is 12.9. The van der Waals surface area contributed by atoms with Crippen LogP contribution >= 0.6 is 0 Å². The number of ether oxygens (including phenoxy) is 1. The molecule has 0 atom stereocenters. The predicted octanol–water partition coefficient (Wildman–Crippen LogP) is 4.40. The highest BCUT2D eigenvalue weighted by Crippen LogP contribution is 2.27. The number of anilines is 1. The van der Waals surface area contributed by atoms with E-state index in [0.717, 1.165) is 23.6 Å². The number of carbonyl (C=O) groups is 2. The van der Waals surface area contributed by atoms with Crippen molar-refractivity contribution in [2.45, 2.75) is 60.3 Å². The van der Waals surface area contributed by atoms with Crippen LogP contribution < -0.4 is 10.1 Å². The van der Waals surface area contributed by atoms with Gasteiger partial charge in [-0.15, -0.1) is 0 Å². The molecule has 0 radical (unpaired) electrons. The van der Waals surface area contributed by atoms with Crippen LogP contribution in [0.1, 0.15) is 60.6 Å². The number of amides is 2. The van der Waals surface area contributed by atoms with Gasteiger partial charge in [0.15, 0.2) is 0 Å². The molecule has 0 bridgehead atoms. The molecule has 2 aromatic rings. The molecule has 2 rings (SSSR count). The van der Waals surface area contributed by atoms with Crippen LogP contribution in [0, 0.1) is 5.41 Å². The lowest BCUT2D eigenvalue weighted by molar-refractivity contribution is -0.141. The quantitative estimate of drug-likeness (QED) is 0.709. The summed E-state index contributed by atoms with van der Waals surface area (Å²) in [6.07, 6.45) is 0.785. The lowest BCUT2D eigenvalue weighted by Crippen LogP contribution is -2.44. The van der Waals surface area contributed by atoms with Crippen LogP contribution in [0.5, 0.6) is 5.75 Å². The third-order valence-corrected chi connectivity index (χ3v) is 4.82. The Labute approximate surface area is 185 Å². The van der Waals surface area contributed by atoms with Crippen molar-refractivity contribution in [3.05, 3.63) is 36.0 Å². The summed E-state index contributed by atoms with van der Waals surface area (Å²) in [6, 6.07) is 9.37. The first-order chi connectivity index (χ1) is 14.4. The van der Waals surface area contributed by atoms with Crippen molar-refractivity contribution in [2.75, 3.05) is 25.5 Å². The normalized spacial score (nSPS) is 11.9. The van der Waals surface area contributed by atoms with Crippen molar-refractivity contribution >= 4 is 17.6 Å². The summed E-state index contributed by atoms with van der Waals surface area (Å²) >= 11 is 0. The van der Waals surface area contributed by atoms with Crippen molar-refractivity contribution in [3.8, 4) is 11.4 Å². The van der Waals surface area contributed by atoms with E-state index in [9.17, 15) is 9.59 Å². The number of methoxy groups -OCH3 is 1. The van der Waals surface area contributed by atoms with E-state index in [2.05, 4.69) is 26.1 Å². The van der Waals surface area contributed by atoms with Crippen molar-refractivity contribution in [1.29, 1.82) is 0 Å². The number of aromatic nitrogens is 2. The molecule has 31 heavy (non-hydrogen) atoms. The Morgan fingerprint density at radius 1 is 1.10 bits per heavy atom. The highest BCUT2D eigenvalue weighted by molar-refractivity contribution is 5.95. The maximum Gasteiger partial charge on any atom is 0.245 e. The van der Waals surface area contributed by atoms with E-state index in [4.69, 9.17) is 9.84 Å². The molecule has 0 aliphatic heterocycles. The van der Waals surface area contributed by atoms with Gasteiger partial charge in [-0.25, -0.2) is 4.68 Å². The number of carbonyl (C=O) groups excluding carboxylic acids is 2. The lowest BCUT2D eigenvalue weighted by atomic mass is 9.92. The molecule has 1 aromatic carbocycles. The van der Waals surface area contributed by atoms with Crippen LogP contribution in [0.4, 0.5) is 5.82 Å². The Hall–Kier alpha value is -2.83. The van der Waals surface area contributed by atoms with Gasteiger partial charge in [-0.1, -0.05) is 48.5 Å². The van der Waals surface area contributed by atoms with Gasteiger partial charge in [-0.3, -0.25) is 9.59 Å². The van der Waals surface area contributed by atoms with Crippen LogP contribution in [-0.2, 0) is 15.0 Å². The first kappa shape index (κ1) is 24.4. The molecule has 0 unspecified atom stereocenters. The molecule has 0 saturated carbocycles. The fourth-order valence-electron chi connectivity index (χ4n) is 3.11. The summed E-state index contributed by atoms with van der Waals surface area (Å²) in [5, 5.41) is 7.69. The third kappa shape index (κ3) is 6.32. The maximum absolute atomic E-state index is 12.9. The van der Waals surface area contributed by atoms with Gasteiger partial charge < -0.3 is 15.0 Å². The second kappa shape index (κ2) is 9.54. The average molecular weight is 429 g/mol. The summed E-state index contributed by atoms with van der Waals surface area (Å²) in [6.45, 7) is 14.4. The molecule has 170 valence electrons. The highest BCUT2D eigenvalue weighted by Gasteiger charge is 2.28. The van der Waals surface area contributed by atoms with Gasteiger partial charge in [-0.2, -0.15) is 5.10 Å². The number of rotatable bonds is 7. The molecule has 0 spiro atoms. The van der Waals surface area contributed by atoms with Gasteiger partial charge in [0.1, 0.15) is 11.6 Å². The van der Waals surface area contributed by atoms with Crippen LogP contribution in [0.2, 0.25) is 0 Å². The summed E-state index contributed by atoms with van der Waals surface area (Å²) in [7, 11) is 1.62. The van der Waals surface area contributed by atoms with Crippen LogP contribution in [0.25, 0.3) is 5.69 Å². The van der Waals surface area contributed by atoms with Crippen molar-refractivity contribution in [1.82, 2.24) is 14.7 Å². The highest BCUT2D eigenvalue weighted by atomic mass is 16.5. The Balaban J connectivity index is 2.32. The topological polar surface area (TPSA) is 76.5 Å². The van der Waals surface area contributed by atoms with Gasteiger partial charge in [0.2, 0.25) is 11.8 Å². The minimum atomic E-state index is -0.542. The Morgan fingerprint density at radius 3 is 2.19 bits per heavy atom. The Kier molecular flexibility index (Phi) is 7.52. The van der Waals surface area contributed by atoms with Crippen LogP contribution in [0.15, 0.2) is 30.3 Å². The molecule has 7 heteroatoms. The lowest BCUT2D eigenvalue weighted by Gasteiger charge is -2.28. The summed E-state index contributed by atoms with van der Waals surface area (Å²) in [4.78, 5) is 27.3. The molecule has 0 aliphatic carbocycles. The molecular weight excluding hydrogens is 392 g/mol. The van der Waals surface area contributed by atoms with E-state index in [1.54, 1.807) is 16.7 Å². The summed E-state index contributed by atoms with van der Waals surface area (Å²) in [5.74, 6) is 1.03. The molecule has 0 saturated heterocycles. The molecule has 0 aliphatic rings. The minimum Gasteiger partial charge on any atom is -0.497 e. The molecule has 1 aromatic heterocycles. The molecular formula is C24H36N4O3. The van der Waals surface area contributed by atoms with Gasteiger partial charge in [-0.05, 0) is 30.7 Å². The number of hydrogen-bond acceptors (Lipinski definition) is 4. The number of nitrogens with zero attached hydrogens (tertiary/aromatic N) is 3. The zero-order valence-corrected chi connectivity index (χ0v) is 20.1. The van der Waals surface area contributed by atoms with E-state index in [1.807, 2.05) is 58.0 Å². The first-order valence-electron chi connectivity index (χ1n) is 10.7. The first-order valence-corrected chi connectivity index (χ1v) is 10.7. The molecule has 1 N–H and O–H groups in total. The van der Waals surface area contributed by atoms with Crippen molar-refractivity contribution in [3.63, 3.8) is 0 Å². The van der Waals surface area contributed by atoms with Crippen LogP contribution in [0.3, 0.4) is 0 Å². The monoisotopic (exact) mass is 428 g/mol. The summed E-state index contributed by atoms with van der Waals surface area (Å²) in [5.41, 5.74) is 0.936. The number of hydrogen-bond donors (Lipinski definition) is 1. The zero-order valence-electron chi connectivity index (χ0n) is 20.1. The van der Waals surface area contributed by atoms with Crippen molar-refractivity contribution < 1.29 is 14.3 Å². The molecule has 2 amide bonds. The fraction of sp³-hybridized carbons (Fsp3) is 0.542. The zero-order chi connectivity index (χ0) is 23.4. The third-order valence-electron chi connectivity index (χ3n) is 4.82. The summed E-state index contributed by atoms with van der Waals surface area (Å²) < 4.78 is 6.95. The predicted molar refractivity (Wildman–Crippen MR) is 124 cm³/mol. The fourth-order valence-corrected chi connectivity index (χ4v) is 3.11. The number of nitrogens with one attached hydrogen (secondary N) is 1. The van der Waals surface area contributed by atoms with E-state index >= 15 is 0 Å². The van der Waals surface area contributed by atoms with Crippen molar-refractivity contribution in [2.24, 2.45) is 5.41 Å². The van der Waals surface area contributed by atoms with Gasteiger partial charge in [0.05, 0.1) is 25.0 Å². The standard InChI is InChI=1S/C24H36N4O3/c1-9-14-27(22(30)24(5,6)7)16-21(29)25-20-15-19(23(2,3)4)26-28(20)17-10-12-18(31-8)13-11-17/h10-13,15H,9,14,16H2,1-8H3,(H,25,29). The van der Waals surface area contributed by atoms with Gasteiger partial charge >= 0.3 is 0 Å². The Bertz CT molecular complexity index is 902. The van der Waals surface area contributed by atoms with E-state index in [-0.39, 0.29) is 23.8 Å². The largest absolute Gasteiger partial charge is 0.497 e. The molecule has 0 fully saturated rings. The van der Waals surface area contributed by atoms with E-state index in [0.29, 0.717) is 12.4 Å². The van der Waals surface area contributed by atoms with Crippen LogP contribution in [-0.4, -0.2) is 46.7 Å². The number of benzene rings is 1. The average Bonchev–Trinajstić information content (AvgIpc) is 3.10. The van der Waals surface area contributed by atoms with E-state index in [1.165, 1.54) is 0 Å².